The molecule has 2 unspecified atom stereocenters. The zero-order valence-electron chi connectivity index (χ0n) is 12.4. The van der Waals surface area contributed by atoms with Crippen LogP contribution in [-0.2, 0) is 12.8 Å². The number of aliphatic hydroxyl groups is 1. The van der Waals surface area contributed by atoms with Crippen molar-refractivity contribution in [1.29, 1.82) is 0 Å². The van der Waals surface area contributed by atoms with Crippen LogP contribution in [0.3, 0.4) is 0 Å². The Balaban J connectivity index is 1.93. The van der Waals surface area contributed by atoms with Crippen LogP contribution in [0.5, 0.6) is 0 Å². The number of rotatable bonds is 3. The normalized spacial score (nSPS) is 22.6. The first kappa shape index (κ1) is 14.2. The molecule has 0 amide bonds. The van der Waals surface area contributed by atoms with Gasteiger partial charge in [-0.1, -0.05) is 30.3 Å². The standard InChI is InChI=1S/C18H22N2O/c1-13-6-7-16(20-11-13)17(21)18(12-19)9-8-14-4-2-3-5-15(14)10-18/h2-7,11,17,21H,8-10,12,19H2,1H3. The molecule has 0 radical (unpaired) electrons. The van der Waals surface area contributed by atoms with Crippen LogP contribution in [0.2, 0.25) is 0 Å². The third kappa shape index (κ3) is 2.59. The van der Waals surface area contributed by atoms with Gasteiger partial charge in [0.15, 0.2) is 0 Å². The van der Waals surface area contributed by atoms with Crippen LogP contribution in [0.25, 0.3) is 0 Å². The second-order valence-electron chi connectivity index (χ2n) is 6.17. The highest BCUT2D eigenvalue weighted by Crippen LogP contribution is 2.43. The molecule has 1 heterocycles. The molecule has 1 aliphatic carbocycles. The van der Waals surface area contributed by atoms with Gasteiger partial charge in [-0.25, -0.2) is 0 Å². The lowest BCUT2D eigenvalue weighted by atomic mass is 9.67. The van der Waals surface area contributed by atoms with E-state index in [-0.39, 0.29) is 5.41 Å². The Labute approximate surface area is 125 Å². The fraction of sp³-hybridized carbons (Fsp3) is 0.389. The molecule has 3 N–H and O–H groups in total. The van der Waals surface area contributed by atoms with Crippen LogP contribution >= 0.6 is 0 Å². The predicted molar refractivity (Wildman–Crippen MR) is 83.9 cm³/mol. The molecular formula is C18H22N2O. The van der Waals surface area contributed by atoms with Crippen molar-refractivity contribution in [3.8, 4) is 0 Å². The van der Waals surface area contributed by atoms with Crippen LogP contribution in [0.1, 0.15) is 34.9 Å². The van der Waals surface area contributed by atoms with Gasteiger partial charge in [-0.3, -0.25) is 4.98 Å². The number of pyridine rings is 1. The first-order valence-electron chi connectivity index (χ1n) is 7.52. The molecular weight excluding hydrogens is 260 g/mol. The van der Waals surface area contributed by atoms with E-state index in [1.807, 2.05) is 19.1 Å². The lowest BCUT2D eigenvalue weighted by molar-refractivity contribution is 0.0146. The van der Waals surface area contributed by atoms with E-state index in [1.165, 1.54) is 11.1 Å². The number of hydrogen-bond donors (Lipinski definition) is 2. The van der Waals surface area contributed by atoms with E-state index in [1.54, 1.807) is 6.20 Å². The van der Waals surface area contributed by atoms with Crippen molar-refractivity contribution in [3.63, 3.8) is 0 Å². The predicted octanol–water partition coefficient (Wildman–Crippen LogP) is 2.56. The maximum absolute atomic E-state index is 10.9. The minimum atomic E-state index is -0.614. The average molecular weight is 282 g/mol. The molecule has 0 spiro atoms. The molecule has 2 aromatic rings. The molecule has 0 bridgehead atoms. The summed E-state index contributed by atoms with van der Waals surface area (Å²) in [4.78, 5) is 4.40. The lowest BCUT2D eigenvalue weighted by Crippen LogP contribution is -2.42. The number of hydrogen-bond acceptors (Lipinski definition) is 3. The minimum Gasteiger partial charge on any atom is -0.386 e. The van der Waals surface area contributed by atoms with Crippen LogP contribution in [-0.4, -0.2) is 16.6 Å². The SMILES string of the molecule is Cc1ccc(C(O)C2(CN)CCc3ccccc3C2)nc1. The summed E-state index contributed by atoms with van der Waals surface area (Å²) in [6.07, 6.45) is 3.88. The highest BCUT2D eigenvalue weighted by atomic mass is 16.3. The molecule has 0 saturated carbocycles. The van der Waals surface area contributed by atoms with Gasteiger partial charge in [-0.2, -0.15) is 0 Å². The van der Waals surface area contributed by atoms with Crippen molar-refractivity contribution in [1.82, 2.24) is 4.98 Å². The summed E-state index contributed by atoms with van der Waals surface area (Å²) in [6.45, 7) is 2.47. The average Bonchev–Trinajstić information content (AvgIpc) is 2.54. The summed E-state index contributed by atoms with van der Waals surface area (Å²) in [6, 6.07) is 12.4. The molecule has 1 aliphatic rings. The van der Waals surface area contributed by atoms with Crippen molar-refractivity contribution < 1.29 is 5.11 Å². The molecule has 3 nitrogen and oxygen atoms in total. The van der Waals surface area contributed by atoms with Crippen molar-refractivity contribution in [2.24, 2.45) is 11.1 Å². The van der Waals surface area contributed by atoms with Gasteiger partial charge < -0.3 is 10.8 Å². The Hall–Kier alpha value is -1.71. The Morgan fingerprint density at radius 2 is 2.00 bits per heavy atom. The maximum atomic E-state index is 10.9. The van der Waals surface area contributed by atoms with E-state index in [4.69, 9.17) is 5.73 Å². The maximum Gasteiger partial charge on any atom is 0.103 e. The Morgan fingerprint density at radius 1 is 1.24 bits per heavy atom. The van der Waals surface area contributed by atoms with Crippen molar-refractivity contribution in [2.75, 3.05) is 6.54 Å². The quantitative estimate of drug-likeness (QED) is 0.909. The molecule has 0 fully saturated rings. The van der Waals surface area contributed by atoms with E-state index in [0.29, 0.717) is 6.54 Å². The number of benzene rings is 1. The molecule has 1 aromatic carbocycles. The number of nitrogens with two attached hydrogens (primary N) is 1. The van der Waals surface area contributed by atoms with Crippen LogP contribution in [0.15, 0.2) is 42.6 Å². The second kappa shape index (κ2) is 5.58. The van der Waals surface area contributed by atoms with E-state index < -0.39 is 6.10 Å². The number of fused-ring (bicyclic) bond motifs is 1. The van der Waals surface area contributed by atoms with Crippen LogP contribution < -0.4 is 5.73 Å². The molecule has 0 aliphatic heterocycles. The van der Waals surface area contributed by atoms with Gasteiger partial charge in [0.05, 0.1) is 5.69 Å². The van der Waals surface area contributed by atoms with Crippen molar-refractivity contribution in [2.45, 2.75) is 32.3 Å². The fourth-order valence-electron chi connectivity index (χ4n) is 3.30. The van der Waals surface area contributed by atoms with E-state index in [9.17, 15) is 5.11 Å². The van der Waals surface area contributed by atoms with Crippen LogP contribution in [0.4, 0.5) is 0 Å². The fourth-order valence-corrected chi connectivity index (χ4v) is 3.30. The molecule has 0 saturated heterocycles. The van der Waals surface area contributed by atoms with Crippen molar-refractivity contribution >= 4 is 0 Å². The third-order valence-corrected chi connectivity index (χ3v) is 4.75. The number of aromatic nitrogens is 1. The minimum absolute atomic E-state index is 0.309. The summed E-state index contributed by atoms with van der Waals surface area (Å²) in [5.74, 6) is 0. The molecule has 2 atom stereocenters. The summed E-state index contributed by atoms with van der Waals surface area (Å²) in [5, 5.41) is 10.9. The topological polar surface area (TPSA) is 59.1 Å². The summed E-state index contributed by atoms with van der Waals surface area (Å²) in [5.41, 5.74) is 10.3. The summed E-state index contributed by atoms with van der Waals surface area (Å²) in [7, 11) is 0. The Kier molecular flexibility index (Phi) is 3.79. The van der Waals surface area contributed by atoms with Gasteiger partial charge in [-0.15, -0.1) is 0 Å². The number of nitrogens with zero attached hydrogens (tertiary/aromatic N) is 1. The van der Waals surface area contributed by atoms with Crippen LogP contribution in [0, 0.1) is 12.3 Å². The highest BCUT2D eigenvalue weighted by Gasteiger charge is 2.40. The van der Waals surface area contributed by atoms with E-state index >= 15 is 0 Å². The molecule has 3 heteroatoms. The van der Waals surface area contributed by atoms with Gasteiger partial charge >= 0.3 is 0 Å². The largest absolute Gasteiger partial charge is 0.386 e. The zero-order chi connectivity index (χ0) is 14.9. The Bertz CT molecular complexity index is 623. The van der Waals surface area contributed by atoms with Gasteiger partial charge in [-0.05, 0) is 48.9 Å². The van der Waals surface area contributed by atoms with Crippen molar-refractivity contribution in [3.05, 3.63) is 65.0 Å². The Morgan fingerprint density at radius 3 is 2.67 bits per heavy atom. The monoisotopic (exact) mass is 282 g/mol. The number of aliphatic hydroxyl groups excluding tert-OH is 1. The summed E-state index contributed by atoms with van der Waals surface area (Å²) >= 11 is 0. The lowest BCUT2D eigenvalue weighted by Gasteiger charge is -2.40. The van der Waals surface area contributed by atoms with E-state index in [2.05, 4.69) is 29.2 Å². The molecule has 110 valence electrons. The zero-order valence-corrected chi connectivity index (χ0v) is 12.4. The highest BCUT2D eigenvalue weighted by molar-refractivity contribution is 5.32. The first-order chi connectivity index (χ1) is 10.1. The third-order valence-electron chi connectivity index (χ3n) is 4.75. The van der Waals surface area contributed by atoms with Gasteiger partial charge in [0.2, 0.25) is 0 Å². The molecule has 21 heavy (non-hydrogen) atoms. The smallest absolute Gasteiger partial charge is 0.103 e. The second-order valence-corrected chi connectivity index (χ2v) is 6.17. The summed E-state index contributed by atoms with van der Waals surface area (Å²) < 4.78 is 0. The molecule has 1 aromatic heterocycles. The van der Waals surface area contributed by atoms with Gasteiger partial charge in [0, 0.05) is 18.2 Å². The van der Waals surface area contributed by atoms with E-state index in [0.717, 1.165) is 30.5 Å². The number of aryl methyl sites for hydroxylation is 2. The van der Waals surface area contributed by atoms with Gasteiger partial charge in [0.25, 0.3) is 0 Å². The molecule has 3 rings (SSSR count). The van der Waals surface area contributed by atoms with Gasteiger partial charge in [0.1, 0.15) is 6.10 Å². The first-order valence-corrected chi connectivity index (χ1v) is 7.52.